The maximum Gasteiger partial charge on any atom is 0.239 e. The smallest absolute Gasteiger partial charge is 0.239 e. The number of aldehydes is 1. The molecule has 1 aromatic carbocycles. The van der Waals surface area contributed by atoms with Crippen LogP contribution in [-0.2, 0) is 6.61 Å². The molecule has 0 amide bonds. The summed E-state index contributed by atoms with van der Waals surface area (Å²) in [5, 5.41) is 0.0916. The molecule has 0 N–H and O–H groups in total. The van der Waals surface area contributed by atoms with Gasteiger partial charge in [0.25, 0.3) is 0 Å². The molecule has 17 heavy (non-hydrogen) atoms. The molecule has 0 radical (unpaired) electrons. The van der Waals surface area contributed by atoms with Gasteiger partial charge in [-0.3, -0.25) is 4.79 Å². The Morgan fingerprint density at radius 3 is 2.59 bits per heavy atom. The first-order valence-electron chi connectivity index (χ1n) is 4.78. The van der Waals surface area contributed by atoms with E-state index in [1.807, 2.05) is 30.3 Å². The van der Waals surface area contributed by atoms with Gasteiger partial charge in [-0.15, -0.1) is 4.73 Å². The molecule has 0 saturated heterocycles. The normalized spacial score (nSPS) is 10.2. The molecule has 0 unspecified atom stereocenters. The van der Waals surface area contributed by atoms with Crippen LogP contribution in [0.15, 0.2) is 30.3 Å². The van der Waals surface area contributed by atoms with E-state index >= 15 is 0 Å². The van der Waals surface area contributed by atoms with Crippen molar-refractivity contribution in [3.63, 3.8) is 0 Å². The van der Waals surface area contributed by atoms with E-state index in [0.717, 1.165) is 10.3 Å². The van der Waals surface area contributed by atoms with E-state index in [9.17, 15) is 4.79 Å². The molecule has 0 aliphatic heterocycles. The molecule has 1 aromatic heterocycles. The number of halogens is 2. The number of carbonyl (C=O) groups is 1. The first-order valence-corrected chi connectivity index (χ1v) is 5.54. The summed E-state index contributed by atoms with van der Waals surface area (Å²) in [7, 11) is 0. The molecule has 0 atom stereocenters. The standard InChI is InChI=1S/C11H8Cl2N2O2/c12-10-9(6-16)14-11(13)15(10)17-7-8-4-2-1-3-5-8/h1-6H,7H2. The number of imidazole rings is 1. The summed E-state index contributed by atoms with van der Waals surface area (Å²) in [5.41, 5.74) is 1.02. The second kappa shape index (κ2) is 5.21. The third kappa shape index (κ3) is 2.60. The summed E-state index contributed by atoms with van der Waals surface area (Å²) in [6, 6.07) is 9.50. The minimum Gasteiger partial charge on any atom is -0.405 e. The Hall–Kier alpha value is -1.52. The van der Waals surface area contributed by atoms with Gasteiger partial charge in [-0.1, -0.05) is 41.9 Å². The van der Waals surface area contributed by atoms with Crippen LogP contribution < -0.4 is 4.84 Å². The van der Waals surface area contributed by atoms with Crippen LogP contribution in [0, 0.1) is 0 Å². The largest absolute Gasteiger partial charge is 0.405 e. The maximum absolute atomic E-state index is 10.6. The van der Waals surface area contributed by atoms with Crippen LogP contribution in [0.1, 0.15) is 16.1 Å². The van der Waals surface area contributed by atoms with Crippen LogP contribution in [0.3, 0.4) is 0 Å². The lowest BCUT2D eigenvalue weighted by molar-refractivity contribution is 0.0975. The molecule has 2 rings (SSSR count). The molecule has 1 heterocycles. The van der Waals surface area contributed by atoms with Gasteiger partial charge in [-0.2, -0.15) is 0 Å². The molecule has 0 aliphatic rings. The molecule has 88 valence electrons. The van der Waals surface area contributed by atoms with Crippen LogP contribution in [-0.4, -0.2) is 16.0 Å². The molecule has 0 fully saturated rings. The fourth-order valence-electron chi connectivity index (χ4n) is 1.27. The second-order valence-corrected chi connectivity index (χ2v) is 3.92. The van der Waals surface area contributed by atoms with E-state index in [4.69, 9.17) is 28.0 Å². The van der Waals surface area contributed by atoms with Crippen LogP contribution in [0.5, 0.6) is 0 Å². The summed E-state index contributed by atoms with van der Waals surface area (Å²) < 4.78 is 1.12. The van der Waals surface area contributed by atoms with Gasteiger partial charge in [0, 0.05) is 0 Å². The molecule has 4 nitrogen and oxygen atoms in total. The van der Waals surface area contributed by atoms with Gasteiger partial charge in [0.1, 0.15) is 12.3 Å². The Bertz CT molecular complexity index is 526. The van der Waals surface area contributed by atoms with Crippen LogP contribution in [0.25, 0.3) is 0 Å². The van der Waals surface area contributed by atoms with Gasteiger partial charge >= 0.3 is 0 Å². The zero-order valence-corrected chi connectivity index (χ0v) is 10.1. The van der Waals surface area contributed by atoms with Crippen molar-refractivity contribution < 1.29 is 9.63 Å². The second-order valence-electron chi connectivity index (χ2n) is 3.23. The van der Waals surface area contributed by atoms with Crippen molar-refractivity contribution in [1.29, 1.82) is 0 Å². The van der Waals surface area contributed by atoms with Crippen molar-refractivity contribution in [2.24, 2.45) is 0 Å². The molecule has 2 aromatic rings. The first-order chi connectivity index (χ1) is 8.22. The fraction of sp³-hybridized carbons (Fsp3) is 0.0909. The van der Waals surface area contributed by atoms with Gasteiger partial charge in [-0.05, 0) is 17.2 Å². The summed E-state index contributed by atoms with van der Waals surface area (Å²) >= 11 is 11.6. The maximum atomic E-state index is 10.6. The summed E-state index contributed by atoms with van der Waals surface area (Å²) in [4.78, 5) is 19.7. The van der Waals surface area contributed by atoms with E-state index in [0.29, 0.717) is 6.29 Å². The lowest BCUT2D eigenvalue weighted by Gasteiger charge is -2.07. The number of hydrogen-bond donors (Lipinski definition) is 0. The number of carbonyl (C=O) groups excluding carboxylic acids is 1. The highest BCUT2D eigenvalue weighted by atomic mass is 35.5. The van der Waals surface area contributed by atoms with E-state index in [2.05, 4.69) is 4.98 Å². The highest BCUT2D eigenvalue weighted by molar-refractivity contribution is 6.34. The number of rotatable bonds is 4. The lowest BCUT2D eigenvalue weighted by Crippen LogP contribution is -2.11. The molecule has 6 heteroatoms. The van der Waals surface area contributed by atoms with Crippen molar-refractivity contribution in [3.05, 3.63) is 52.0 Å². The third-order valence-corrected chi connectivity index (χ3v) is 2.67. The third-order valence-electron chi connectivity index (χ3n) is 2.08. The van der Waals surface area contributed by atoms with E-state index in [-0.39, 0.29) is 22.7 Å². The number of benzene rings is 1. The Labute approximate surface area is 108 Å². The Kier molecular flexibility index (Phi) is 3.66. The predicted octanol–water partition coefficient (Wildman–Crippen LogP) is 2.63. The zero-order valence-electron chi connectivity index (χ0n) is 8.64. The molecular formula is C11H8Cl2N2O2. The van der Waals surface area contributed by atoms with Gasteiger partial charge in [0.15, 0.2) is 11.4 Å². The van der Waals surface area contributed by atoms with Crippen molar-refractivity contribution >= 4 is 29.5 Å². The number of hydrogen-bond acceptors (Lipinski definition) is 3. The monoisotopic (exact) mass is 270 g/mol. The molecular weight excluding hydrogens is 263 g/mol. The first kappa shape index (κ1) is 12.0. The van der Waals surface area contributed by atoms with E-state index < -0.39 is 0 Å². The van der Waals surface area contributed by atoms with Crippen LogP contribution >= 0.6 is 23.2 Å². The Morgan fingerprint density at radius 2 is 2.00 bits per heavy atom. The van der Waals surface area contributed by atoms with Gasteiger partial charge < -0.3 is 4.84 Å². The lowest BCUT2D eigenvalue weighted by atomic mass is 10.2. The van der Waals surface area contributed by atoms with Gasteiger partial charge in [-0.25, -0.2) is 4.98 Å². The van der Waals surface area contributed by atoms with Crippen LogP contribution in [0.2, 0.25) is 10.4 Å². The van der Waals surface area contributed by atoms with Crippen molar-refractivity contribution in [2.75, 3.05) is 0 Å². The minimum atomic E-state index is 0.0213. The Morgan fingerprint density at radius 1 is 1.29 bits per heavy atom. The summed E-state index contributed by atoms with van der Waals surface area (Å²) in [6.45, 7) is 0.287. The fourth-order valence-corrected chi connectivity index (χ4v) is 1.76. The van der Waals surface area contributed by atoms with E-state index in [1.54, 1.807) is 0 Å². The molecule has 0 spiro atoms. The Balaban J connectivity index is 2.14. The molecule has 0 saturated carbocycles. The summed E-state index contributed by atoms with van der Waals surface area (Å²) in [6.07, 6.45) is 0.524. The number of aromatic nitrogens is 2. The van der Waals surface area contributed by atoms with Gasteiger partial charge in [0.2, 0.25) is 5.28 Å². The highest BCUT2D eigenvalue weighted by Crippen LogP contribution is 2.19. The van der Waals surface area contributed by atoms with Crippen molar-refractivity contribution in [3.8, 4) is 0 Å². The van der Waals surface area contributed by atoms with Gasteiger partial charge in [0.05, 0.1) is 0 Å². The zero-order chi connectivity index (χ0) is 12.3. The average molecular weight is 271 g/mol. The van der Waals surface area contributed by atoms with Crippen molar-refractivity contribution in [1.82, 2.24) is 9.71 Å². The van der Waals surface area contributed by atoms with Crippen molar-refractivity contribution in [2.45, 2.75) is 6.61 Å². The van der Waals surface area contributed by atoms with E-state index in [1.165, 1.54) is 0 Å². The summed E-state index contributed by atoms with van der Waals surface area (Å²) in [5.74, 6) is 0. The SMILES string of the molecule is O=Cc1nc(Cl)n(OCc2ccccc2)c1Cl. The quantitative estimate of drug-likeness (QED) is 0.803. The molecule has 0 aliphatic carbocycles. The number of nitrogens with zero attached hydrogens (tertiary/aromatic N) is 2. The predicted molar refractivity (Wildman–Crippen MR) is 64.4 cm³/mol. The minimum absolute atomic E-state index is 0.0213. The highest BCUT2D eigenvalue weighted by Gasteiger charge is 2.14. The van der Waals surface area contributed by atoms with Crippen LogP contribution in [0.4, 0.5) is 0 Å². The molecule has 0 bridgehead atoms. The average Bonchev–Trinajstić information content (AvgIpc) is 2.63. The topological polar surface area (TPSA) is 44.1 Å².